The molecule has 0 aliphatic heterocycles. The molecule has 0 radical (unpaired) electrons. The first-order valence-electron chi connectivity index (χ1n) is 12.4. The topological polar surface area (TPSA) is 40.8 Å². The van der Waals surface area contributed by atoms with Crippen molar-refractivity contribution in [3.05, 3.63) is 114 Å². The van der Waals surface area contributed by atoms with Crippen molar-refractivity contribution in [3.8, 4) is 28.5 Å². The maximum absolute atomic E-state index is 10.5. The van der Waals surface area contributed by atoms with E-state index in [1.165, 1.54) is 10.8 Å². The number of fused-ring (bicyclic) bond motifs is 6. The minimum atomic E-state index is 0.565. The molecule has 37 heavy (non-hydrogen) atoms. The van der Waals surface area contributed by atoms with Crippen molar-refractivity contribution in [2.75, 3.05) is 0 Å². The fraction of sp³-hybridized carbons (Fsp3) is 0.0588. The van der Waals surface area contributed by atoms with Gasteiger partial charge < -0.3 is 4.42 Å². The predicted molar refractivity (Wildman–Crippen MR) is 150 cm³/mol. The van der Waals surface area contributed by atoms with E-state index in [1.807, 2.05) is 25.4 Å². The third-order valence-electron chi connectivity index (χ3n) is 7.50. The van der Waals surface area contributed by atoms with Gasteiger partial charge in [0.05, 0.1) is 5.56 Å². The first-order chi connectivity index (χ1) is 18.2. The monoisotopic (exact) mass is 475 g/mol. The molecular weight excluding hydrogens is 452 g/mol. The van der Waals surface area contributed by atoms with Crippen LogP contribution in [0.3, 0.4) is 0 Å². The number of nitriles is 1. The lowest BCUT2D eigenvalue weighted by atomic mass is 9.90. The maximum Gasteiger partial charge on any atom is 0.216 e. The van der Waals surface area contributed by atoms with Gasteiger partial charge in [0.15, 0.2) is 11.8 Å². The molecule has 0 atom stereocenters. The maximum atomic E-state index is 10.5. The lowest BCUT2D eigenvalue weighted by Gasteiger charge is -2.12. The summed E-state index contributed by atoms with van der Waals surface area (Å²) in [7, 11) is 2.04. The molecule has 5 aromatic carbocycles. The molecule has 0 aliphatic rings. The fourth-order valence-corrected chi connectivity index (χ4v) is 5.72. The van der Waals surface area contributed by atoms with E-state index in [2.05, 4.69) is 102 Å². The lowest BCUT2D eigenvalue weighted by Crippen LogP contribution is -2.30. The van der Waals surface area contributed by atoms with Gasteiger partial charge in [-0.25, -0.2) is 4.57 Å². The molecule has 7 aromatic rings. The Kier molecular flexibility index (Phi) is 4.64. The van der Waals surface area contributed by atoms with Crippen molar-refractivity contribution in [3.63, 3.8) is 0 Å². The first kappa shape index (κ1) is 21.4. The second-order valence-corrected chi connectivity index (χ2v) is 9.60. The summed E-state index contributed by atoms with van der Waals surface area (Å²) < 4.78 is 8.73. The van der Waals surface area contributed by atoms with Crippen LogP contribution in [0.5, 0.6) is 0 Å². The summed E-state index contributed by atoms with van der Waals surface area (Å²) in [5, 5.41) is 17.1. The van der Waals surface area contributed by atoms with Gasteiger partial charge in [0, 0.05) is 28.5 Å². The number of hydrogen-bond donors (Lipinski definition) is 0. The number of nitrogens with zero attached hydrogens (tertiary/aromatic N) is 2. The van der Waals surface area contributed by atoms with E-state index in [9.17, 15) is 5.26 Å². The third kappa shape index (κ3) is 3.09. The summed E-state index contributed by atoms with van der Waals surface area (Å²) in [5.74, 6) is 0. The van der Waals surface area contributed by atoms with E-state index < -0.39 is 0 Å². The number of aryl methyl sites for hydroxylation is 2. The van der Waals surface area contributed by atoms with Crippen LogP contribution < -0.4 is 4.57 Å². The van der Waals surface area contributed by atoms with Gasteiger partial charge in [-0.05, 0) is 57.8 Å². The van der Waals surface area contributed by atoms with Crippen molar-refractivity contribution in [2.45, 2.75) is 6.92 Å². The molecule has 2 aromatic heterocycles. The summed E-state index contributed by atoms with van der Waals surface area (Å²) in [4.78, 5) is 0. The molecule has 2 heterocycles. The van der Waals surface area contributed by atoms with Gasteiger partial charge in [0.1, 0.15) is 24.3 Å². The van der Waals surface area contributed by atoms with Crippen LogP contribution in [0.2, 0.25) is 0 Å². The third-order valence-corrected chi connectivity index (χ3v) is 7.50. The van der Waals surface area contributed by atoms with Gasteiger partial charge in [0.2, 0.25) is 5.69 Å². The van der Waals surface area contributed by atoms with Gasteiger partial charge in [-0.2, -0.15) is 5.26 Å². The molecule has 0 amide bonds. The van der Waals surface area contributed by atoms with Crippen LogP contribution in [-0.4, -0.2) is 0 Å². The Morgan fingerprint density at radius 3 is 2.19 bits per heavy atom. The van der Waals surface area contributed by atoms with Gasteiger partial charge in [-0.3, -0.25) is 0 Å². The van der Waals surface area contributed by atoms with E-state index >= 15 is 0 Å². The summed E-state index contributed by atoms with van der Waals surface area (Å²) in [6.45, 7) is 2.10. The van der Waals surface area contributed by atoms with Crippen LogP contribution in [0.15, 0.2) is 108 Å². The second-order valence-electron chi connectivity index (χ2n) is 9.60. The highest BCUT2D eigenvalue weighted by Gasteiger charge is 2.23. The number of furan rings is 1. The molecule has 174 valence electrons. The first-order valence-corrected chi connectivity index (χ1v) is 12.4. The predicted octanol–water partition coefficient (Wildman–Crippen LogP) is 8.23. The number of pyridine rings is 1. The minimum Gasteiger partial charge on any atom is -0.454 e. The Hall–Kier alpha value is -4.94. The normalized spacial score (nSPS) is 11.5. The Morgan fingerprint density at radius 1 is 0.676 bits per heavy atom. The molecule has 0 saturated carbocycles. The van der Waals surface area contributed by atoms with Crippen LogP contribution in [0, 0.1) is 18.3 Å². The van der Waals surface area contributed by atoms with Gasteiger partial charge >= 0.3 is 0 Å². The van der Waals surface area contributed by atoms with Crippen molar-refractivity contribution < 1.29 is 8.98 Å². The van der Waals surface area contributed by atoms with Crippen LogP contribution in [0.1, 0.15) is 11.1 Å². The number of rotatable bonds is 2. The number of hydrogen-bond acceptors (Lipinski definition) is 2. The van der Waals surface area contributed by atoms with Crippen molar-refractivity contribution in [1.82, 2.24) is 0 Å². The Balaban J connectivity index is 1.58. The zero-order valence-electron chi connectivity index (χ0n) is 20.6. The van der Waals surface area contributed by atoms with E-state index in [-0.39, 0.29) is 0 Å². The van der Waals surface area contributed by atoms with Crippen molar-refractivity contribution in [2.24, 2.45) is 7.05 Å². The molecule has 7 rings (SSSR count). The standard InChI is InChI=1S/C34H23N2O/c1-21-14-15-28-27-17-16-26(29-19-22-9-3-4-10-23(22)24-11-5-6-12-25(24)29)30(20-35)33(27)37-34(28)32(21)31-13-7-8-18-36(31)2/h3-19H,1-2H3/q+1. The van der Waals surface area contributed by atoms with Gasteiger partial charge in [-0.15, -0.1) is 0 Å². The average molecular weight is 476 g/mol. The molecule has 0 unspecified atom stereocenters. The number of benzene rings is 5. The van der Waals surface area contributed by atoms with E-state index in [0.29, 0.717) is 11.1 Å². The van der Waals surface area contributed by atoms with Crippen LogP contribution in [-0.2, 0) is 7.05 Å². The summed E-state index contributed by atoms with van der Waals surface area (Å²) in [6, 6.07) is 36.1. The molecule has 0 spiro atoms. The molecule has 3 nitrogen and oxygen atoms in total. The molecule has 0 bridgehead atoms. The van der Waals surface area contributed by atoms with E-state index in [1.54, 1.807) is 0 Å². The second kappa shape index (κ2) is 8.05. The smallest absolute Gasteiger partial charge is 0.216 e. The largest absolute Gasteiger partial charge is 0.454 e. The highest BCUT2D eigenvalue weighted by atomic mass is 16.3. The van der Waals surface area contributed by atoms with Gasteiger partial charge in [0.25, 0.3) is 0 Å². The van der Waals surface area contributed by atoms with Crippen molar-refractivity contribution in [1.29, 1.82) is 5.26 Å². The highest BCUT2D eigenvalue weighted by molar-refractivity contribution is 6.16. The molecule has 0 N–H and O–H groups in total. The zero-order chi connectivity index (χ0) is 25.1. The lowest BCUT2D eigenvalue weighted by molar-refractivity contribution is -0.660. The van der Waals surface area contributed by atoms with Crippen LogP contribution >= 0.6 is 0 Å². The molecule has 0 saturated heterocycles. The summed E-state index contributed by atoms with van der Waals surface area (Å²) in [6.07, 6.45) is 2.04. The average Bonchev–Trinajstić information content (AvgIpc) is 3.31. The minimum absolute atomic E-state index is 0.565. The Bertz CT molecular complexity index is 2070. The fourth-order valence-electron chi connectivity index (χ4n) is 5.72. The van der Waals surface area contributed by atoms with Crippen molar-refractivity contribution >= 4 is 43.5 Å². The SMILES string of the molecule is Cc1ccc2c(oc3c(C#N)c(-c4cc5ccccc5c5ccccc45)ccc32)c1-c1cccc[n+]1C. The van der Waals surface area contributed by atoms with Gasteiger partial charge in [-0.1, -0.05) is 66.7 Å². The molecular formula is C34H23N2O+. The number of aromatic nitrogens is 1. The zero-order valence-corrected chi connectivity index (χ0v) is 20.6. The molecule has 0 aliphatic carbocycles. The van der Waals surface area contributed by atoms with Crippen LogP contribution in [0.25, 0.3) is 65.9 Å². The van der Waals surface area contributed by atoms with E-state index in [0.717, 1.165) is 55.1 Å². The Morgan fingerprint density at radius 2 is 1.38 bits per heavy atom. The molecule has 0 fully saturated rings. The quantitative estimate of drug-likeness (QED) is 0.187. The van der Waals surface area contributed by atoms with Crippen LogP contribution in [0.4, 0.5) is 0 Å². The molecule has 3 heteroatoms. The highest BCUT2D eigenvalue weighted by Crippen LogP contribution is 2.42. The summed E-state index contributed by atoms with van der Waals surface area (Å²) in [5.41, 5.74) is 7.20. The Labute approximate surface area is 214 Å². The summed E-state index contributed by atoms with van der Waals surface area (Å²) >= 11 is 0. The van der Waals surface area contributed by atoms with E-state index in [4.69, 9.17) is 4.42 Å².